The Balaban J connectivity index is 1.85. The van der Waals surface area contributed by atoms with Crippen molar-refractivity contribution in [3.63, 3.8) is 0 Å². The molecule has 2 N–H and O–H groups in total. The third kappa shape index (κ3) is 2.07. The summed E-state index contributed by atoms with van der Waals surface area (Å²) in [5.74, 6) is -0.220. The summed E-state index contributed by atoms with van der Waals surface area (Å²) in [7, 11) is 0. The Hall–Kier alpha value is -3.48. The van der Waals surface area contributed by atoms with Crippen LogP contribution in [0.4, 0.5) is 10.2 Å². The van der Waals surface area contributed by atoms with Gasteiger partial charge in [-0.3, -0.25) is 19.0 Å². The van der Waals surface area contributed by atoms with Gasteiger partial charge in [0.15, 0.2) is 0 Å². The van der Waals surface area contributed by atoms with Crippen LogP contribution in [-0.4, -0.2) is 20.3 Å². The summed E-state index contributed by atoms with van der Waals surface area (Å²) >= 11 is 0. The van der Waals surface area contributed by atoms with Crippen LogP contribution in [0, 0.1) is 5.82 Å². The van der Waals surface area contributed by atoms with E-state index in [4.69, 9.17) is 0 Å². The molecule has 1 amide bonds. The molecule has 0 bridgehead atoms. The van der Waals surface area contributed by atoms with Gasteiger partial charge in [-0.05, 0) is 29.8 Å². The number of anilines is 1. The van der Waals surface area contributed by atoms with Crippen LogP contribution in [0.2, 0.25) is 0 Å². The molecular formula is C19H13FN4O2. The van der Waals surface area contributed by atoms with E-state index >= 15 is 0 Å². The topological polar surface area (TPSA) is 79.3 Å². The summed E-state index contributed by atoms with van der Waals surface area (Å²) in [6.07, 6.45) is 0.125. The summed E-state index contributed by atoms with van der Waals surface area (Å²) in [5.41, 5.74) is 2.37. The number of amides is 1. The Kier molecular flexibility index (Phi) is 3.00. The number of rotatable bonds is 1. The van der Waals surface area contributed by atoms with E-state index in [1.807, 2.05) is 24.3 Å². The van der Waals surface area contributed by atoms with Crippen molar-refractivity contribution in [2.45, 2.75) is 12.3 Å². The van der Waals surface area contributed by atoms with E-state index in [0.717, 1.165) is 16.6 Å². The number of aromatic amines is 1. The first-order valence-electron chi connectivity index (χ1n) is 8.20. The highest BCUT2D eigenvalue weighted by Gasteiger charge is 2.32. The highest BCUT2D eigenvalue weighted by atomic mass is 19.1. The average Bonchev–Trinajstić information content (AvgIpc) is 2.99. The van der Waals surface area contributed by atoms with Crippen LogP contribution in [0.3, 0.4) is 0 Å². The fourth-order valence-corrected chi connectivity index (χ4v) is 3.63. The first-order chi connectivity index (χ1) is 12.6. The van der Waals surface area contributed by atoms with Crippen molar-refractivity contribution in [3.05, 3.63) is 75.8 Å². The number of carbonyl (C=O) groups excluding carboxylic acids is 1. The van der Waals surface area contributed by atoms with Crippen LogP contribution < -0.4 is 10.9 Å². The van der Waals surface area contributed by atoms with Crippen molar-refractivity contribution in [2.24, 2.45) is 0 Å². The van der Waals surface area contributed by atoms with Crippen LogP contribution in [0.1, 0.15) is 23.5 Å². The van der Waals surface area contributed by atoms with Gasteiger partial charge < -0.3 is 5.32 Å². The van der Waals surface area contributed by atoms with Crippen molar-refractivity contribution < 1.29 is 9.18 Å². The first kappa shape index (κ1) is 14.8. The average molecular weight is 348 g/mol. The number of hydrogen-bond acceptors (Lipinski definition) is 3. The number of fused-ring (bicyclic) bond motifs is 5. The van der Waals surface area contributed by atoms with Gasteiger partial charge in [-0.1, -0.05) is 24.3 Å². The zero-order chi connectivity index (χ0) is 17.8. The number of halogens is 1. The molecule has 7 heteroatoms. The summed E-state index contributed by atoms with van der Waals surface area (Å²) in [5, 5.41) is 2.82. The Labute approximate surface area is 146 Å². The molecule has 6 nitrogen and oxygen atoms in total. The lowest BCUT2D eigenvalue weighted by Crippen LogP contribution is -2.32. The van der Waals surface area contributed by atoms with Crippen molar-refractivity contribution in [2.75, 3.05) is 5.32 Å². The number of aromatic nitrogens is 3. The zero-order valence-electron chi connectivity index (χ0n) is 13.5. The molecule has 0 spiro atoms. The quantitative estimate of drug-likeness (QED) is 0.555. The molecular weight excluding hydrogens is 335 g/mol. The molecule has 4 aromatic rings. The maximum atomic E-state index is 13.3. The molecule has 0 aliphatic carbocycles. The Bertz CT molecular complexity index is 1240. The molecule has 1 atom stereocenters. The third-order valence-electron chi connectivity index (χ3n) is 4.78. The van der Waals surface area contributed by atoms with Crippen LogP contribution in [0.25, 0.3) is 16.8 Å². The maximum Gasteiger partial charge on any atom is 0.258 e. The van der Waals surface area contributed by atoms with E-state index < -0.39 is 5.92 Å². The van der Waals surface area contributed by atoms with Gasteiger partial charge in [-0.15, -0.1) is 0 Å². The van der Waals surface area contributed by atoms with Crippen LogP contribution in [0.5, 0.6) is 0 Å². The molecule has 0 radical (unpaired) electrons. The van der Waals surface area contributed by atoms with Gasteiger partial charge >= 0.3 is 0 Å². The van der Waals surface area contributed by atoms with Crippen molar-refractivity contribution in [1.82, 2.24) is 14.4 Å². The number of carbonyl (C=O) groups is 1. The molecule has 5 rings (SSSR count). The van der Waals surface area contributed by atoms with E-state index in [1.54, 1.807) is 16.5 Å². The van der Waals surface area contributed by atoms with Gasteiger partial charge in [0, 0.05) is 12.3 Å². The molecule has 128 valence electrons. The Morgan fingerprint density at radius 1 is 1.08 bits per heavy atom. The number of nitrogens with zero attached hydrogens (tertiary/aromatic N) is 2. The second-order valence-electron chi connectivity index (χ2n) is 6.33. The lowest BCUT2D eigenvalue weighted by Gasteiger charge is -2.25. The van der Waals surface area contributed by atoms with Gasteiger partial charge in [-0.25, -0.2) is 9.37 Å². The lowest BCUT2D eigenvalue weighted by molar-refractivity contribution is -0.116. The molecule has 0 saturated carbocycles. The molecule has 2 aromatic carbocycles. The summed E-state index contributed by atoms with van der Waals surface area (Å²) in [6.45, 7) is 0. The van der Waals surface area contributed by atoms with E-state index in [-0.39, 0.29) is 23.7 Å². The summed E-state index contributed by atoms with van der Waals surface area (Å²) in [6, 6.07) is 13.3. The van der Waals surface area contributed by atoms with Crippen molar-refractivity contribution in [1.29, 1.82) is 0 Å². The number of benzene rings is 2. The van der Waals surface area contributed by atoms with Crippen LogP contribution >= 0.6 is 0 Å². The number of nitrogens with one attached hydrogen (secondary N) is 2. The molecule has 1 aliphatic rings. The monoisotopic (exact) mass is 348 g/mol. The highest BCUT2D eigenvalue weighted by Crippen LogP contribution is 2.36. The molecule has 2 aromatic heterocycles. The fraction of sp³-hybridized carbons (Fsp3) is 0.105. The second-order valence-corrected chi connectivity index (χ2v) is 6.33. The van der Waals surface area contributed by atoms with Crippen LogP contribution in [0.15, 0.2) is 53.3 Å². The molecule has 1 aliphatic heterocycles. The molecule has 0 saturated heterocycles. The Morgan fingerprint density at radius 3 is 2.65 bits per heavy atom. The fourth-order valence-electron chi connectivity index (χ4n) is 3.63. The minimum absolute atomic E-state index is 0.125. The predicted molar refractivity (Wildman–Crippen MR) is 94.8 cm³/mol. The van der Waals surface area contributed by atoms with Gasteiger partial charge in [-0.2, -0.15) is 0 Å². The first-order valence-corrected chi connectivity index (χ1v) is 8.20. The number of para-hydroxylation sites is 2. The van der Waals surface area contributed by atoms with Crippen molar-refractivity contribution in [3.8, 4) is 0 Å². The van der Waals surface area contributed by atoms with Gasteiger partial charge in [0.1, 0.15) is 11.6 Å². The molecule has 26 heavy (non-hydrogen) atoms. The number of H-pyrrole nitrogens is 1. The minimum Gasteiger partial charge on any atom is -0.311 e. The zero-order valence-corrected chi connectivity index (χ0v) is 13.5. The van der Waals surface area contributed by atoms with Gasteiger partial charge in [0.2, 0.25) is 11.7 Å². The molecule has 0 fully saturated rings. The summed E-state index contributed by atoms with van der Waals surface area (Å²) < 4.78 is 15.0. The Morgan fingerprint density at radius 2 is 1.85 bits per heavy atom. The number of imidazole rings is 1. The smallest absolute Gasteiger partial charge is 0.258 e. The highest BCUT2D eigenvalue weighted by molar-refractivity contribution is 5.96. The molecule has 3 heterocycles. The minimum atomic E-state index is -0.450. The number of hydrogen-bond donors (Lipinski definition) is 2. The third-order valence-corrected chi connectivity index (χ3v) is 4.78. The predicted octanol–water partition coefficient (Wildman–Crippen LogP) is 2.79. The van der Waals surface area contributed by atoms with E-state index in [1.165, 1.54) is 12.1 Å². The summed E-state index contributed by atoms with van der Waals surface area (Å²) in [4.78, 5) is 32.4. The van der Waals surface area contributed by atoms with E-state index in [0.29, 0.717) is 17.2 Å². The van der Waals surface area contributed by atoms with Gasteiger partial charge in [0.05, 0.1) is 16.6 Å². The lowest BCUT2D eigenvalue weighted by atomic mass is 9.87. The van der Waals surface area contributed by atoms with E-state index in [2.05, 4.69) is 15.3 Å². The van der Waals surface area contributed by atoms with Crippen LogP contribution in [-0.2, 0) is 4.79 Å². The normalized spacial score (nSPS) is 16.7. The SMILES string of the molecule is O=C1C[C@@H](c2ccc(F)cc2)c2c(n3c(nc4ccccc43)[nH]c2=O)N1. The molecule has 0 unspecified atom stereocenters. The van der Waals surface area contributed by atoms with Crippen molar-refractivity contribution >= 4 is 28.5 Å². The second kappa shape index (κ2) is 5.26. The van der Waals surface area contributed by atoms with E-state index in [9.17, 15) is 14.0 Å². The largest absolute Gasteiger partial charge is 0.311 e. The standard InChI is InChI=1S/C19H13FN4O2/c20-11-7-5-10(6-8-11)12-9-15(25)22-17-16(12)18(26)23-19-21-13-3-1-2-4-14(13)24(17)19/h1-8,12H,9H2,(H,22,25)(H,21,23,26)/t12-/m0/s1. The maximum absolute atomic E-state index is 13.3. The van der Waals surface area contributed by atoms with Gasteiger partial charge in [0.25, 0.3) is 5.56 Å².